The molecule has 0 fully saturated rings. The van der Waals surface area contributed by atoms with E-state index in [1.54, 1.807) is 18.9 Å². The number of carbonyl (C=O) groups excluding carboxylic acids is 2. The number of amides is 2. The Morgan fingerprint density at radius 3 is 2.25 bits per heavy atom. The summed E-state index contributed by atoms with van der Waals surface area (Å²) in [4.78, 5) is 26.6. The molecule has 0 unspecified atom stereocenters. The maximum Gasteiger partial charge on any atom is 0.451 e. The van der Waals surface area contributed by atoms with E-state index in [0.717, 1.165) is 0 Å². The highest BCUT2D eigenvalue weighted by Gasteiger charge is 2.35. The molecule has 2 aromatic rings. The fourth-order valence-electron chi connectivity index (χ4n) is 1.61. The number of hydrogen-bond donors (Lipinski definition) is 3. The van der Waals surface area contributed by atoms with Crippen LogP contribution in [0.3, 0.4) is 0 Å². The lowest BCUT2D eigenvalue weighted by Gasteiger charge is -2.08. The molecule has 128 valence electrons. The normalized spacial score (nSPS) is 11.4. The molecule has 24 heavy (non-hydrogen) atoms. The van der Waals surface area contributed by atoms with E-state index in [-0.39, 0.29) is 17.4 Å². The van der Waals surface area contributed by atoms with Gasteiger partial charge in [0.2, 0.25) is 17.7 Å². The van der Waals surface area contributed by atoms with Crippen molar-refractivity contribution in [3.8, 4) is 0 Å². The van der Waals surface area contributed by atoms with Crippen molar-refractivity contribution in [1.82, 2.24) is 15.2 Å². The topological polar surface area (TPSA) is 99.8 Å². The molecule has 1 aromatic heterocycles. The van der Waals surface area contributed by atoms with E-state index >= 15 is 0 Å². The van der Waals surface area contributed by atoms with Crippen LogP contribution in [-0.4, -0.2) is 27.0 Å². The lowest BCUT2D eigenvalue weighted by Crippen LogP contribution is -2.18. The van der Waals surface area contributed by atoms with Crippen molar-refractivity contribution >= 4 is 23.5 Å². The highest BCUT2D eigenvalue weighted by Crippen LogP contribution is 2.26. The third kappa shape index (κ3) is 4.31. The zero-order valence-corrected chi connectivity index (χ0v) is 12.7. The number of aromatic amines is 1. The van der Waals surface area contributed by atoms with Crippen molar-refractivity contribution in [3.05, 3.63) is 35.7 Å². The molecule has 0 saturated heterocycles. The summed E-state index contributed by atoms with van der Waals surface area (Å²) in [6, 6.07) is 5.85. The van der Waals surface area contributed by atoms with Crippen LogP contribution in [0.25, 0.3) is 0 Å². The molecule has 0 spiro atoms. The van der Waals surface area contributed by atoms with Crippen LogP contribution < -0.4 is 10.6 Å². The van der Waals surface area contributed by atoms with Gasteiger partial charge in [0.15, 0.2) is 0 Å². The average molecular weight is 341 g/mol. The van der Waals surface area contributed by atoms with Gasteiger partial charge in [0.1, 0.15) is 0 Å². The van der Waals surface area contributed by atoms with Gasteiger partial charge in [0.05, 0.1) is 0 Å². The number of carbonyl (C=O) groups is 2. The number of nitrogens with zero attached hydrogens (tertiary/aromatic N) is 2. The maximum atomic E-state index is 12.4. The molecule has 0 bridgehead atoms. The number of nitrogens with one attached hydrogen (secondary N) is 3. The van der Waals surface area contributed by atoms with Crippen LogP contribution in [0, 0.1) is 5.92 Å². The number of hydrogen-bond acceptors (Lipinski definition) is 4. The largest absolute Gasteiger partial charge is 0.451 e. The molecule has 7 nitrogen and oxygen atoms in total. The van der Waals surface area contributed by atoms with Crippen molar-refractivity contribution in [2.75, 3.05) is 10.6 Å². The van der Waals surface area contributed by atoms with E-state index in [9.17, 15) is 22.8 Å². The molecular weight excluding hydrogens is 327 g/mol. The molecule has 0 saturated carbocycles. The van der Waals surface area contributed by atoms with E-state index < -0.39 is 23.9 Å². The minimum Gasteiger partial charge on any atom is -0.326 e. The third-order valence-electron chi connectivity index (χ3n) is 2.92. The van der Waals surface area contributed by atoms with E-state index in [2.05, 4.69) is 20.7 Å². The fourth-order valence-corrected chi connectivity index (χ4v) is 1.61. The van der Waals surface area contributed by atoms with Gasteiger partial charge >= 0.3 is 6.18 Å². The third-order valence-corrected chi connectivity index (χ3v) is 2.92. The number of benzene rings is 1. The van der Waals surface area contributed by atoms with Crippen molar-refractivity contribution in [3.63, 3.8) is 0 Å². The van der Waals surface area contributed by atoms with Crippen LogP contribution in [-0.2, 0) is 11.0 Å². The van der Waals surface area contributed by atoms with Crippen molar-refractivity contribution in [2.24, 2.45) is 5.92 Å². The fraction of sp³-hybridized carbons (Fsp3) is 0.286. The molecule has 2 amide bonds. The van der Waals surface area contributed by atoms with E-state index in [1.165, 1.54) is 24.3 Å². The first kappa shape index (κ1) is 17.4. The predicted molar refractivity (Wildman–Crippen MR) is 79.2 cm³/mol. The summed E-state index contributed by atoms with van der Waals surface area (Å²) >= 11 is 0. The van der Waals surface area contributed by atoms with Gasteiger partial charge < -0.3 is 5.32 Å². The molecule has 10 heteroatoms. The van der Waals surface area contributed by atoms with Gasteiger partial charge in [-0.05, 0) is 24.3 Å². The standard InChI is InChI=1S/C14H14F3N5O2/c1-7(2)10(23)18-9-5-3-8(4-6-9)11(24)19-13-20-12(21-22-13)14(15,16)17/h3-7H,1-2H3,(H,18,23)(H2,19,20,21,22,24). The Bertz CT molecular complexity index is 738. The second kappa shape index (κ2) is 6.69. The summed E-state index contributed by atoms with van der Waals surface area (Å²) in [7, 11) is 0. The zero-order chi connectivity index (χ0) is 17.9. The number of alkyl halides is 3. The molecule has 0 aliphatic carbocycles. The summed E-state index contributed by atoms with van der Waals surface area (Å²) in [5.74, 6) is -2.83. The molecule has 2 rings (SSSR count). The summed E-state index contributed by atoms with van der Waals surface area (Å²) < 4.78 is 37.2. The second-order valence-corrected chi connectivity index (χ2v) is 5.18. The Morgan fingerprint density at radius 2 is 1.75 bits per heavy atom. The number of halogens is 3. The quantitative estimate of drug-likeness (QED) is 0.796. The van der Waals surface area contributed by atoms with Gasteiger partial charge in [-0.15, -0.1) is 5.10 Å². The van der Waals surface area contributed by atoms with Crippen molar-refractivity contribution in [1.29, 1.82) is 0 Å². The van der Waals surface area contributed by atoms with E-state index in [4.69, 9.17) is 0 Å². The molecule has 0 aliphatic heterocycles. The first-order valence-corrected chi connectivity index (χ1v) is 6.88. The molecule has 0 aliphatic rings. The number of rotatable bonds is 4. The summed E-state index contributed by atoms with van der Waals surface area (Å²) in [6.45, 7) is 3.48. The zero-order valence-electron chi connectivity index (χ0n) is 12.7. The Balaban J connectivity index is 2.02. The Hall–Kier alpha value is -2.91. The summed E-state index contributed by atoms with van der Waals surface area (Å²) in [5.41, 5.74) is 0.679. The van der Waals surface area contributed by atoms with Gasteiger partial charge in [-0.3, -0.25) is 20.0 Å². The average Bonchev–Trinajstić information content (AvgIpc) is 2.96. The molecule has 1 heterocycles. The minimum absolute atomic E-state index is 0.174. The summed E-state index contributed by atoms with van der Waals surface area (Å²) in [5, 5.41) is 9.78. The monoisotopic (exact) mass is 341 g/mol. The number of anilines is 2. The predicted octanol–water partition coefficient (Wildman–Crippen LogP) is 2.67. The van der Waals surface area contributed by atoms with Gasteiger partial charge in [0, 0.05) is 17.2 Å². The SMILES string of the molecule is CC(C)C(=O)Nc1ccc(C(=O)Nc2n[nH]c(C(F)(F)F)n2)cc1. The Morgan fingerprint density at radius 1 is 1.12 bits per heavy atom. The summed E-state index contributed by atoms with van der Waals surface area (Å²) in [6.07, 6.45) is -4.67. The number of H-pyrrole nitrogens is 1. The van der Waals surface area contributed by atoms with Crippen LogP contribution in [0.5, 0.6) is 0 Å². The minimum atomic E-state index is -4.67. The van der Waals surface area contributed by atoms with Crippen LogP contribution in [0.1, 0.15) is 30.0 Å². The molecular formula is C14H14F3N5O2. The van der Waals surface area contributed by atoms with Crippen LogP contribution in [0.15, 0.2) is 24.3 Å². The van der Waals surface area contributed by atoms with Crippen molar-refractivity contribution < 1.29 is 22.8 Å². The van der Waals surface area contributed by atoms with Crippen LogP contribution in [0.4, 0.5) is 24.8 Å². The highest BCUT2D eigenvalue weighted by molar-refractivity contribution is 6.03. The lowest BCUT2D eigenvalue weighted by molar-refractivity contribution is -0.144. The van der Waals surface area contributed by atoms with E-state index in [1.807, 2.05) is 0 Å². The molecule has 0 radical (unpaired) electrons. The molecule has 3 N–H and O–H groups in total. The smallest absolute Gasteiger partial charge is 0.326 e. The van der Waals surface area contributed by atoms with Gasteiger partial charge in [-0.2, -0.15) is 18.2 Å². The van der Waals surface area contributed by atoms with Crippen LogP contribution >= 0.6 is 0 Å². The first-order valence-electron chi connectivity index (χ1n) is 6.88. The number of aromatic nitrogens is 3. The van der Waals surface area contributed by atoms with Crippen molar-refractivity contribution in [2.45, 2.75) is 20.0 Å². The van der Waals surface area contributed by atoms with Gasteiger partial charge in [0.25, 0.3) is 5.91 Å². The highest BCUT2D eigenvalue weighted by atomic mass is 19.4. The van der Waals surface area contributed by atoms with E-state index in [0.29, 0.717) is 5.69 Å². The lowest BCUT2D eigenvalue weighted by atomic mass is 10.1. The second-order valence-electron chi connectivity index (χ2n) is 5.18. The van der Waals surface area contributed by atoms with Crippen LogP contribution in [0.2, 0.25) is 0 Å². The maximum absolute atomic E-state index is 12.4. The molecule has 0 atom stereocenters. The van der Waals surface area contributed by atoms with Gasteiger partial charge in [-0.25, -0.2) is 0 Å². The Labute approximate surface area is 134 Å². The first-order chi connectivity index (χ1) is 11.2. The van der Waals surface area contributed by atoms with Gasteiger partial charge in [-0.1, -0.05) is 13.8 Å². The Kier molecular flexibility index (Phi) is 4.86. The molecule has 1 aromatic carbocycles.